The second-order valence-corrected chi connectivity index (χ2v) is 5.69. The Hall–Kier alpha value is -1.70. The molecular formula is C13H14ClN3O4. The van der Waals surface area contributed by atoms with Crippen molar-refractivity contribution in [2.75, 3.05) is 6.61 Å². The van der Waals surface area contributed by atoms with Crippen molar-refractivity contribution < 1.29 is 14.5 Å². The molecule has 0 radical (unpaired) electrons. The summed E-state index contributed by atoms with van der Waals surface area (Å²) in [6.07, 6.45) is 0.830. The summed E-state index contributed by atoms with van der Waals surface area (Å²) in [7, 11) is 0. The second-order valence-electron chi connectivity index (χ2n) is 5.29. The van der Waals surface area contributed by atoms with E-state index >= 15 is 0 Å². The summed E-state index contributed by atoms with van der Waals surface area (Å²) in [6.45, 7) is 0.646. The molecule has 3 rings (SSSR count). The fraction of sp³-hybridized carbons (Fsp3) is 0.462. The lowest BCUT2D eigenvalue weighted by Gasteiger charge is -2.45. The van der Waals surface area contributed by atoms with Gasteiger partial charge in [-0.05, 0) is 12.5 Å². The van der Waals surface area contributed by atoms with Crippen molar-refractivity contribution in [3.8, 4) is 0 Å². The van der Waals surface area contributed by atoms with E-state index in [-0.39, 0.29) is 40.4 Å². The van der Waals surface area contributed by atoms with Crippen LogP contribution >= 0.6 is 11.6 Å². The zero-order valence-corrected chi connectivity index (χ0v) is 11.7. The minimum atomic E-state index is -0.571. The first-order valence-corrected chi connectivity index (χ1v) is 6.99. The highest BCUT2D eigenvalue weighted by atomic mass is 35.5. The van der Waals surface area contributed by atoms with Crippen LogP contribution in [0.3, 0.4) is 0 Å². The number of hydrogen-bond donors (Lipinski definition) is 2. The van der Waals surface area contributed by atoms with Crippen LogP contribution in [-0.4, -0.2) is 35.6 Å². The van der Waals surface area contributed by atoms with Crippen LogP contribution < -0.4 is 11.1 Å². The smallest absolute Gasteiger partial charge is 0.270 e. The van der Waals surface area contributed by atoms with E-state index in [9.17, 15) is 14.9 Å². The fourth-order valence-corrected chi connectivity index (χ4v) is 3.16. The molecule has 8 heteroatoms. The number of fused-ring (bicyclic) bond motifs is 1. The first-order valence-electron chi connectivity index (χ1n) is 6.61. The van der Waals surface area contributed by atoms with Gasteiger partial charge in [0.2, 0.25) is 0 Å². The van der Waals surface area contributed by atoms with E-state index in [1.165, 1.54) is 12.1 Å². The number of carbonyl (C=O) groups excluding carboxylic acids is 1. The third-order valence-electron chi connectivity index (χ3n) is 4.15. The highest BCUT2D eigenvalue weighted by Gasteiger charge is 2.52. The molecule has 4 unspecified atom stereocenters. The summed E-state index contributed by atoms with van der Waals surface area (Å²) in [5, 5.41) is 13.7. The van der Waals surface area contributed by atoms with Crippen LogP contribution in [0.1, 0.15) is 16.8 Å². The summed E-state index contributed by atoms with van der Waals surface area (Å²) >= 11 is 5.94. The molecule has 1 aliphatic heterocycles. The lowest BCUT2D eigenvalue weighted by atomic mass is 9.72. The summed E-state index contributed by atoms with van der Waals surface area (Å²) in [6, 6.07) is 3.32. The highest BCUT2D eigenvalue weighted by Crippen LogP contribution is 2.38. The van der Waals surface area contributed by atoms with Crippen molar-refractivity contribution in [2.45, 2.75) is 24.6 Å². The van der Waals surface area contributed by atoms with Crippen molar-refractivity contribution in [2.24, 2.45) is 11.7 Å². The van der Waals surface area contributed by atoms with Crippen LogP contribution in [-0.2, 0) is 4.74 Å². The molecule has 7 nitrogen and oxygen atoms in total. The van der Waals surface area contributed by atoms with Gasteiger partial charge in [-0.25, -0.2) is 0 Å². The van der Waals surface area contributed by atoms with Gasteiger partial charge in [0.05, 0.1) is 27.7 Å². The molecule has 3 N–H and O–H groups in total. The number of hydrogen-bond acceptors (Lipinski definition) is 5. The van der Waals surface area contributed by atoms with Gasteiger partial charge in [-0.2, -0.15) is 0 Å². The molecule has 1 amide bonds. The number of carbonyl (C=O) groups is 1. The minimum Gasteiger partial charge on any atom is -0.376 e. The predicted molar refractivity (Wildman–Crippen MR) is 75.2 cm³/mol. The van der Waals surface area contributed by atoms with Gasteiger partial charge in [0, 0.05) is 30.7 Å². The van der Waals surface area contributed by atoms with Gasteiger partial charge < -0.3 is 15.8 Å². The van der Waals surface area contributed by atoms with Crippen molar-refractivity contribution in [3.63, 3.8) is 0 Å². The number of nitro groups is 1. The first kappa shape index (κ1) is 14.2. The van der Waals surface area contributed by atoms with Crippen LogP contribution in [0.4, 0.5) is 5.69 Å². The molecule has 0 spiro atoms. The Morgan fingerprint density at radius 3 is 3.00 bits per heavy atom. The number of halogens is 1. The van der Waals surface area contributed by atoms with Crippen molar-refractivity contribution in [1.29, 1.82) is 0 Å². The Kier molecular flexibility index (Phi) is 3.56. The van der Waals surface area contributed by atoms with Crippen LogP contribution in [0.25, 0.3) is 0 Å². The number of rotatable bonds is 3. The molecule has 0 bridgehead atoms. The quantitative estimate of drug-likeness (QED) is 0.642. The van der Waals surface area contributed by atoms with Crippen LogP contribution in [0.2, 0.25) is 5.02 Å². The van der Waals surface area contributed by atoms with E-state index in [2.05, 4.69) is 5.32 Å². The lowest BCUT2D eigenvalue weighted by Crippen LogP contribution is -2.68. The number of ether oxygens (including phenoxy) is 1. The van der Waals surface area contributed by atoms with Gasteiger partial charge in [0.1, 0.15) is 0 Å². The monoisotopic (exact) mass is 311 g/mol. The molecule has 112 valence electrons. The van der Waals surface area contributed by atoms with Gasteiger partial charge >= 0.3 is 0 Å². The first-order chi connectivity index (χ1) is 9.99. The van der Waals surface area contributed by atoms with E-state index in [1.54, 1.807) is 0 Å². The zero-order chi connectivity index (χ0) is 15.1. The average molecular weight is 312 g/mol. The Balaban J connectivity index is 1.76. The van der Waals surface area contributed by atoms with E-state index in [0.29, 0.717) is 6.61 Å². The van der Waals surface area contributed by atoms with E-state index in [1.807, 2.05) is 0 Å². The van der Waals surface area contributed by atoms with E-state index in [0.717, 1.165) is 12.5 Å². The molecule has 2 aliphatic rings. The topological polar surface area (TPSA) is 107 Å². The molecular weight excluding hydrogens is 298 g/mol. The molecule has 1 aromatic rings. The van der Waals surface area contributed by atoms with Crippen molar-refractivity contribution in [1.82, 2.24) is 5.32 Å². The molecule has 1 heterocycles. The van der Waals surface area contributed by atoms with Gasteiger partial charge in [-0.1, -0.05) is 11.6 Å². The van der Waals surface area contributed by atoms with Crippen molar-refractivity contribution in [3.05, 3.63) is 38.9 Å². The Morgan fingerprint density at radius 2 is 2.29 bits per heavy atom. The molecule has 21 heavy (non-hydrogen) atoms. The van der Waals surface area contributed by atoms with Crippen LogP contribution in [0.15, 0.2) is 18.2 Å². The highest BCUT2D eigenvalue weighted by molar-refractivity contribution is 6.34. The molecule has 1 saturated heterocycles. The summed E-state index contributed by atoms with van der Waals surface area (Å²) in [5.41, 5.74) is 5.90. The third-order valence-corrected chi connectivity index (χ3v) is 4.48. The number of non-ortho nitro benzene ring substituents is 1. The zero-order valence-electron chi connectivity index (χ0n) is 11.0. The molecule has 1 aromatic carbocycles. The van der Waals surface area contributed by atoms with Gasteiger partial charge in [0.25, 0.3) is 11.6 Å². The third kappa shape index (κ3) is 2.37. The maximum Gasteiger partial charge on any atom is 0.270 e. The number of benzene rings is 1. The number of nitrogens with zero attached hydrogens (tertiary/aromatic N) is 1. The summed E-state index contributed by atoms with van der Waals surface area (Å²) in [4.78, 5) is 22.4. The largest absolute Gasteiger partial charge is 0.376 e. The molecule has 2 fully saturated rings. The van der Waals surface area contributed by atoms with E-state index < -0.39 is 10.8 Å². The Labute approximate surface area is 125 Å². The molecule has 1 aliphatic carbocycles. The maximum atomic E-state index is 12.2. The second kappa shape index (κ2) is 5.25. The molecule has 0 aromatic heterocycles. The number of nitrogens with one attached hydrogen (secondary N) is 1. The van der Waals surface area contributed by atoms with Crippen LogP contribution in [0, 0.1) is 16.0 Å². The maximum absolute atomic E-state index is 12.2. The summed E-state index contributed by atoms with van der Waals surface area (Å²) in [5.74, 6) is -0.200. The predicted octanol–water partition coefficient (Wildman–Crippen LogP) is 1.09. The van der Waals surface area contributed by atoms with Gasteiger partial charge in [-0.3, -0.25) is 14.9 Å². The normalized spacial score (nSPS) is 30.4. The van der Waals surface area contributed by atoms with Gasteiger partial charge in [-0.15, -0.1) is 0 Å². The van der Waals surface area contributed by atoms with Crippen molar-refractivity contribution >= 4 is 23.2 Å². The van der Waals surface area contributed by atoms with Gasteiger partial charge in [0.15, 0.2) is 0 Å². The lowest BCUT2D eigenvalue weighted by molar-refractivity contribution is -0.384. The van der Waals surface area contributed by atoms with Crippen LogP contribution in [0.5, 0.6) is 0 Å². The molecule has 1 saturated carbocycles. The standard InChI is InChI=1S/C13H14ClN3O4/c14-9-2-1-6(17(19)20)5-8(9)13(18)16-11-10(15)7-3-4-21-12(7)11/h1-2,5,7,10-12H,3-4,15H2,(H,16,18). The Bertz CT molecular complexity index is 609. The summed E-state index contributed by atoms with van der Waals surface area (Å²) < 4.78 is 5.53. The average Bonchev–Trinajstić information content (AvgIpc) is 2.89. The van der Waals surface area contributed by atoms with E-state index in [4.69, 9.17) is 22.1 Å². The minimum absolute atomic E-state index is 0.0681. The fourth-order valence-electron chi connectivity index (χ4n) is 2.96. The number of nitro benzene ring substituents is 1. The SMILES string of the molecule is NC1C2CCOC2C1NC(=O)c1cc([N+](=O)[O-])ccc1Cl. The Morgan fingerprint density at radius 1 is 1.52 bits per heavy atom. The molecule has 4 atom stereocenters. The number of amides is 1. The number of nitrogens with two attached hydrogens (primary N) is 1.